The number of carbonyl (C=O) groups excluding carboxylic acids is 2. The standard InChI is InChI=1S/C26H33ClN2O2/c1-19-9-8-10-21(17-19)18-29(20(2)26(31)28-23-12-4-3-5-13-23)25(30)16-15-22-11-6-7-14-24(22)27/h6-11,14,17,20,23H,3-5,12-13,15-16,18H2,1-2H3,(H,28,31)/t20-/m0/s1. The molecule has 1 N–H and O–H groups in total. The van der Waals surface area contributed by atoms with Crippen molar-refractivity contribution in [1.29, 1.82) is 0 Å². The van der Waals surface area contributed by atoms with E-state index in [4.69, 9.17) is 11.6 Å². The Hall–Kier alpha value is -2.33. The molecule has 1 aliphatic rings. The minimum atomic E-state index is -0.527. The van der Waals surface area contributed by atoms with E-state index in [2.05, 4.69) is 11.4 Å². The van der Waals surface area contributed by atoms with E-state index in [-0.39, 0.29) is 17.9 Å². The molecular formula is C26H33ClN2O2. The van der Waals surface area contributed by atoms with Crippen LogP contribution in [0.4, 0.5) is 0 Å². The van der Waals surface area contributed by atoms with E-state index in [1.165, 1.54) is 6.42 Å². The lowest BCUT2D eigenvalue weighted by atomic mass is 9.95. The number of carbonyl (C=O) groups is 2. The lowest BCUT2D eigenvalue weighted by Crippen LogP contribution is -2.50. The minimum Gasteiger partial charge on any atom is -0.352 e. The molecule has 0 saturated heterocycles. The third kappa shape index (κ3) is 6.83. The van der Waals surface area contributed by atoms with Crippen LogP contribution < -0.4 is 5.32 Å². The van der Waals surface area contributed by atoms with Crippen molar-refractivity contribution in [2.24, 2.45) is 0 Å². The maximum atomic E-state index is 13.3. The number of hydrogen-bond donors (Lipinski definition) is 1. The molecule has 1 saturated carbocycles. The molecule has 0 heterocycles. The van der Waals surface area contributed by atoms with Gasteiger partial charge in [0.2, 0.25) is 11.8 Å². The van der Waals surface area contributed by atoms with Crippen molar-refractivity contribution in [3.63, 3.8) is 0 Å². The van der Waals surface area contributed by atoms with Gasteiger partial charge in [-0.05, 0) is 50.3 Å². The summed E-state index contributed by atoms with van der Waals surface area (Å²) < 4.78 is 0. The molecule has 0 aromatic heterocycles. The van der Waals surface area contributed by atoms with Gasteiger partial charge < -0.3 is 10.2 Å². The predicted octanol–water partition coefficient (Wildman–Crippen LogP) is 5.45. The Morgan fingerprint density at radius 3 is 2.55 bits per heavy atom. The van der Waals surface area contributed by atoms with E-state index >= 15 is 0 Å². The van der Waals surface area contributed by atoms with Gasteiger partial charge in [0, 0.05) is 24.0 Å². The molecule has 0 aliphatic heterocycles. The second-order valence-electron chi connectivity index (χ2n) is 8.62. The van der Waals surface area contributed by atoms with Gasteiger partial charge in [-0.3, -0.25) is 9.59 Å². The molecule has 0 unspecified atom stereocenters. The van der Waals surface area contributed by atoms with Crippen molar-refractivity contribution in [3.8, 4) is 0 Å². The van der Waals surface area contributed by atoms with Crippen molar-refractivity contribution in [2.75, 3.05) is 0 Å². The zero-order chi connectivity index (χ0) is 22.2. The van der Waals surface area contributed by atoms with E-state index in [0.717, 1.165) is 42.4 Å². The zero-order valence-electron chi connectivity index (χ0n) is 18.6. The molecule has 0 spiro atoms. The van der Waals surface area contributed by atoms with Crippen molar-refractivity contribution < 1.29 is 9.59 Å². The van der Waals surface area contributed by atoms with Gasteiger partial charge >= 0.3 is 0 Å². The first-order valence-electron chi connectivity index (χ1n) is 11.3. The fourth-order valence-corrected chi connectivity index (χ4v) is 4.48. The highest BCUT2D eigenvalue weighted by molar-refractivity contribution is 6.31. The van der Waals surface area contributed by atoms with E-state index in [9.17, 15) is 9.59 Å². The average Bonchev–Trinajstić information content (AvgIpc) is 2.77. The summed E-state index contributed by atoms with van der Waals surface area (Å²) >= 11 is 6.27. The van der Waals surface area contributed by atoms with Gasteiger partial charge in [0.1, 0.15) is 6.04 Å². The Balaban J connectivity index is 1.71. The van der Waals surface area contributed by atoms with Gasteiger partial charge in [-0.15, -0.1) is 0 Å². The van der Waals surface area contributed by atoms with Crippen LogP contribution in [0.2, 0.25) is 5.02 Å². The molecule has 2 amide bonds. The van der Waals surface area contributed by atoms with Crippen LogP contribution in [0.1, 0.15) is 62.1 Å². The Morgan fingerprint density at radius 1 is 1.10 bits per heavy atom. The second kappa shape index (κ2) is 11.3. The molecule has 1 atom stereocenters. The molecular weight excluding hydrogens is 408 g/mol. The van der Waals surface area contributed by atoms with Crippen LogP contribution in [0.15, 0.2) is 48.5 Å². The summed E-state index contributed by atoms with van der Waals surface area (Å²) in [5.41, 5.74) is 3.12. The summed E-state index contributed by atoms with van der Waals surface area (Å²) in [6, 6.07) is 15.4. The van der Waals surface area contributed by atoms with Crippen LogP contribution >= 0.6 is 11.6 Å². The summed E-state index contributed by atoms with van der Waals surface area (Å²) in [5, 5.41) is 3.85. The van der Waals surface area contributed by atoms with Crippen LogP contribution in [0.3, 0.4) is 0 Å². The molecule has 31 heavy (non-hydrogen) atoms. The van der Waals surface area contributed by atoms with Crippen molar-refractivity contribution in [3.05, 3.63) is 70.2 Å². The number of nitrogens with zero attached hydrogens (tertiary/aromatic N) is 1. The first-order valence-corrected chi connectivity index (χ1v) is 11.7. The maximum absolute atomic E-state index is 13.3. The van der Waals surface area contributed by atoms with E-state index in [0.29, 0.717) is 24.4 Å². The number of rotatable bonds is 8. The minimum absolute atomic E-state index is 0.0345. The molecule has 5 heteroatoms. The Morgan fingerprint density at radius 2 is 1.84 bits per heavy atom. The second-order valence-corrected chi connectivity index (χ2v) is 9.03. The van der Waals surface area contributed by atoms with Gasteiger partial charge in [0.15, 0.2) is 0 Å². The molecule has 2 aromatic rings. The molecule has 0 radical (unpaired) electrons. The number of nitrogens with one attached hydrogen (secondary N) is 1. The van der Waals surface area contributed by atoms with Gasteiger partial charge in [0.05, 0.1) is 0 Å². The number of benzene rings is 2. The quantitative estimate of drug-likeness (QED) is 0.593. The number of hydrogen-bond acceptors (Lipinski definition) is 2. The molecule has 2 aromatic carbocycles. The Bertz CT molecular complexity index is 892. The summed E-state index contributed by atoms with van der Waals surface area (Å²) in [6.07, 6.45) is 6.47. The number of aryl methyl sites for hydroxylation is 2. The van der Waals surface area contributed by atoms with E-state index < -0.39 is 6.04 Å². The third-order valence-corrected chi connectivity index (χ3v) is 6.49. The van der Waals surface area contributed by atoms with E-state index in [1.54, 1.807) is 4.90 Å². The summed E-state index contributed by atoms with van der Waals surface area (Å²) in [6.45, 7) is 4.29. The molecule has 4 nitrogen and oxygen atoms in total. The van der Waals surface area contributed by atoms with Crippen LogP contribution in [-0.4, -0.2) is 28.8 Å². The predicted molar refractivity (Wildman–Crippen MR) is 126 cm³/mol. The maximum Gasteiger partial charge on any atom is 0.242 e. The highest BCUT2D eigenvalue weighted by atomic mass is 35.5. The number of amides is 2. The first kappa shape index (κ1) is 23.3. The van der Waals surface area contributed by atoms with Gasteiger partial charge in [0.25, 0.3) is 0 Å². The van der Waals surface area contributed by atoms with Crippen LogP contribution in [0.5, 0.6) is 0 Å². The summed E-state index contributed by atoms with van der Waals surface area (Å²) in [7, 11) is 0. The Labute approximate surface area is 191 Å². The largest absolute Gasteiger partial charge is 0.352 e. The van der Waals surface area contributed by atoms with Crippen molar-refractivity contribution in [1.82, 2.24) is 10.2 Å². The molecule has 1 aliphatic carbocycles. The lowest BCUT2D eigenvalue weighted by Gasteiger charge is -2.31. The van der Waals surface area contributed by atoms with Crippen molar-refractivity contribution in [2.45, 2.75) is 77.4 Å². The summed E-state index contributed by atoms with van der Waals surface area (Å²) in [4.78, 5) is 28.0. The number of halogens is 1. The normalized spacial score (nSPS) is 15.3. The van der Waals surface area contributed by atoms with Crippen LogP contribution in [-0.2, 0) is 22.6 Å². The lowest BCUT2D eigenvalue weighted by molar-refractivity contribution is -0.141. The van der Waals surface area contributed by atoms with Crippen molar-refractivity contribution >= 4 is 23.4 Å². The smallest absolute Gasteiger partial charge is 0.242 e. The van der Waals surface area contributed by atoms with Gasteiger partial charge in [-0.1, -0.05) is 78.9 Å². The van der Waals surface area contributed by atoms with Crippen LogP contribution in [0, 0.1) is 6.92 Å². The Kier molecular flexibility index (Phi) is 8.53. The fourth-order valence-electron chi connectivity index (χ4n) is 4.24. The molecule has 0 bridgehead atoms. The highest BCUT2D eigenvalue weighted by Gasteiger charge is 2.28. The van der Waals surface area contributed by atoms with Crippen LogP contribution in [0.25, 0.3) is 0 Å². The monoisotopic (exact) mass is 440 g/mol. The first-order chi connectivity index (χ1) is 14.9. The zero-order valence-corrected chi connectivity index (χ0v) is 19.3. The third-order valence-electron chi connectivity index (χ3n) is 6.12. The fraction of sp³-hybridized carbons (Fsp3) is 0.462. The highest BCUT2D eigenvalue weighted by Crippen LogP contribution is 2.20. The average molecular weight is 441 g/mol. The topological polar surface area (TPSA) is 49.4 Å². The van der Waals surface area contributed by atoms with Gasteiger partial charge in [-0.2, -0.15) is 0 Å². The van der Waals surface area contributed by atoms with Gasteiger partial charge in [-0.25, -0.2) is 0 Å². The van der Waals surface area contributed by atoms with E-state index in [1.807, 2.05) is 56.3 Å². The SMILES string of the molecule is Cc1cccc(CN(C(=O)CCc2ccccc2Cl)[C@@H](C)C(=O)NC2CCCCC2)c1. The summed E-state index contributed by atoms with van der Waals surface area (Å²) in [5.74, 6) is -0.0987. The molecule has 3 rings (SSSR count). The molecule has 166 valence electrons. The molecule has 1 fully saturated rings.